The van der Waals surface area contributed by atoms with Crippen molar-refractivity contribution in [2.75, 3.05) is 18.0 Å². The summed E-state index contributed by atoms with van der Waals surface area (Å²) >= 11 is 0. The van der Waals surface area contributed by atoms with Crippen molar-refractivity contribution in [3.05, 3.63) is 17.6 Å². The summed E-state index contributed by atoms with van der Waals surface area (Å²) in [5, 5.41) is 0. The van der Waals surface area contributed by atoms with Crippen LogP contribution in [0.3, 0.4) is 0 Å². The second-order valence-corrected chi connectivity index (χ2v) is 5.18. The molecule has 2 N–H and O–H groups in total. The first-order valence-corrected chi connectivity index (χ1v) is 6.94. The van der Waals surface area contributed by atoms with Gasteiger partial charge in [-0.2, -0.15) is 0 Å². The Labute approximate surface area is 110 Å². The average molecular weight is 248 g/mol. The molecule has 1 aromatic heterocycles. The molecule has 1 aromatic rings. The number of aryl methyl sites for hydroxylation is 2. The lowest BCUT2D eigenvalue weighted by Crippen LogP contribution is -2.41. The molecule has 100 valence electrons. The Morgan fingerprint density at radius 2 is 2.11 bits per heavy atom. The SMILES string of the molecule is CCN(c1cnc(C)c(C)n1)C1CCCC1CN. The molecule has 0 amide bonds. The van der Waals surface area contributed by atoms with Crippen molar-refractivity contribution in [3.8, 4) is 0 Å². The highest BCUT2D eigenvalue weighted by Crippen LogP contribution is 2.31. The van der Waals surface area contributed by atoms with E-state index in [2.05, 4.69) is 21.8 Å². The second-order valence-electron chi connectivity index (χ2n) is 5.18. The maximum absolute atomic E-state index is 5.89. The Balaban J connectivity index is 2.24. The maximum Gasteiger partial charge on any atom is 0.147 e. The number of nitrogens with zero attached hydrogens (tertiary/aromatic N) is 3. The number of hydrogen-bond acceptors (Lipinski definition) is 4. The minimum Gasteiger partial charge on any atom is -0.352 e. The quantitative estimate of drug-likeness (QED) is 0.886. The van der Waals surface area contributed by atoms with Crippen LogP contribution in [0.5, 0.6) is 0 Å². The predicted octanol–water partition coefficient (Wildman–Crippen LogP) is 2.05. The molecule has 0 bridgehead atoms. The lowest BCUT2D eigenvalue weighted by molar-refractivity contribution is 0.459. The topological polar surface area (TPSA) is 55.0 Å². The van der Waals surface area contributed by atoms with Crippen molar-refractivity contribution in [1.29, 1.82) is 0 Å². The van der Waals surface area contributed by atoms with Crippen LogP contribution in [0.4, 0.5) is 5.82 Å². The molecular formula is C14H24N4. The molecule has 0 saturated heterocycles. The normalized spacial score (nSPS) is 23.3. The summed E-state index contributed by atoms with van der Waals surface area (Å²) in [6.45, 7) is 7.95. The smallest absolute Gasteiger partial charge is 0.147 e. The van der Waals surface area contributed by atoms with Crippen LogP contribution < -0.4 is 10.6 Å². The van der Waals surface area contributed by atoms with Gasteiger partial charge in [0.15, 0.2) is 0 Å². The van der Waals surface area contributed by atoms with Crippen molar-refractivity contribution in [2.45, 2.75) is 46.1 Å². The molecule has 4 heteroatoms. The third-order valence-electron chi connectivity index (χ3n) is 4.14. The highest BCUT2D eigenvalue weighted by molar-refractivity contribution is 5.39. The highest BCUT2D eigenvalue weighted by atomic mass is 15.2. The molecule has 1 heterocycles. The fourth-order valence-electron chi connectivity index (χ4n) is 2.94. The first-order valence-electron chi connectivity index (χ1n) is 6.94. The van der Waals surface area contributed by atoms with Gasteiger partial charge in [-0.05, 0) is 46.1 Å². The van der Waals surface area contributed by atoms with Crippen molar-refractivity contribution in [1.82, 2.24) is 9.97 Å². The fraction of sp³-hybridized carbons (Fsp3) is 0.714. The number of anilines is 1. The summed E-state index contributed by atoms with van der Waals surface area (Å²) in [4.78, 5) is 11.5. The molecule has 2 unspecified atom stereocenters. The molecule has 0 radical (unpaired) electrons. The Morgan fingerprint density at radius 1 is 1.33 bits per heavy atom. The number of aromatic nitrogens is 2. The molecule has 2 rings (SSSR count). The van der Waals surface area contributed by atoms with Crippen LogP contribution in [0.2, 0.25) is 0 Å². The van der Waals surface area contributed by atoms with Crippen molar-refractivity contribution >= 4 is 5.82 Å². The summed E-state index contributed by atoms with van der Waals surface area (Å²) in [7, 11) is 0. The number of nitrogens with two attached hydrogens (primary N) is 1. The molecule has 1 fully saturated rings. The van der Waals surface area contributed by atoms with Crippen LogP contribution >= 0.6 is 0 Å². The van der Waals surface area contributed by atoms with E-state index in [1.807, 2.05) is 20.0 Å². The lowest BCUT2D eigenvalue weighted by atomic mass is 10.0. The summed E-state index contributed by atoms with van der Waals surface area (Å²) in [5.41, 5.74) is 7.92. The molecule has 1 aliphatic rings. The van der Waals surface area contributed by atoms with Gasteiger partial charge in [-0.3, -0.25) is 4.98 Å². The van der Waals surface area contributed by atoms with E-state index in [1.54, 1.807) is 0 Å². The Kier molecular flexibility index (Phi) is 4.17. The Hall–Kier alpha value is -1.16. The van der Waals surface area contributed by atoms with Gasteiger partial charge in [0.1, 0.15) is 5.82 Å². The standard InChI is InChI=1S/C14H24N4/c1-4-18(13-7-5-6-12(13)8-15)14-9-16-10(2)11(3)17-14/h9,12-13H,4-8,15H2,1-3H3. The van der Waals surface area contributed by atoms with Crippen molar-refractivity contribution < 1.29 is 0 Å². The number of hydrogen-bond donors (Lipinski definition) is 1. The van der Waals surface area contributed by atoms with Crippen molar-refractivity contribution in [2.24, 2.45) is 11.7 Å². The zero-order chi connectivity index (χ0) is 13.1. The van der Waals surface area contributed by atoms with Crippen LogP contribution in [-0.2, 0) is 0 Å². The molecule has 18 heavy (non-hydrogen) atoms. The van der Waals surface area contributed by atoms with Gasteiger partial charge >= 0.3 is 0 Å². The molecule has 2 atom stereocenters. The summed E-state index contributed by atoms with van der Waals surface area (Å²) in [6, 6.07) is 0.538. The van der Waals surface area contributed by atoms with Crippen LogP contribution in [0.1, 0.15) is 37.6 Å². The van der Waals surface area contributed by atoms with Crippen LogP contribution in [0.25, 0.3) is 0 Å². The summed E-state index contributed by atoms with van der Waals surface area (Å²) in [5.74, 6) is 1.61. The van der Waals surface area contributed by atoms with Crippen LogP contribution in [0.15, 0.2) is 6.20 Å². The van der Waals surface area contributed by atoms with E-state index in [1.165, 1.54) is 19.3 Å². The second kappa shape index (κ2) is 5.65. The van der Waals surface area contributed by atoms with Crippen LogP contribution in [0, 0.1) is 19.8 Å². The third kappa shape index (κ3) is 2.48. The van der Waals surface area contributed by atoms with E-state index < -0.39 is 0 Å². The number of rotatable bonds is 4. The first-order chi connectivity index (χ1) is 8.67. The van der Waals surface area contributed by atoms with Gasteiger partial charge in [0.25, 0.3) is 0 Å². The van der Waals surface area contributed by atoms with Crippen molar-refractivity contribution in [3.63, 3.8) is 0 Å². The molecular weight excluding hydrogens is 224 g/mol. The van der Waals surface area contributed by atoms with E-state index >= 15 is 0 Å². The van der Waals surface area contributed by atoms with Gasteiger partial charge in [-0.25, -0.2) is 4.98 Å². The highest BCUT2D eigenvalue weighted by Gasteiger charge is 2.31. The van der Waals surface area contributed by atoms with Gasteiger partial charge in [0.2, 0.25) is 0 Å². The Morgan fingerprint density at radius 3 is 2.72 bits per heavy atom. The van der Waals surface area contributed by atoms with Gasteiger partial charge in [0, 0.05) is 12.6 Å². The van der Waals surface area contributed by atoms with Gasteiger partial charge in [-0.1, -0.05) is 6.42 Å². The zero-order valence-electron chi connectivity index (χ0n) is 11.7. The van der Waals surface area contributed by atoms with Crippen LogP contribution in [-0.4, -0.2) is 29.1 Å². The molecule has 0 aromatic carbocycles. The lowest BCUT2D eigenvalue weighted by Gasteiger charge is -2.32. The minimum absolute atomic E-state index is 0.538. The van der Waals surface area contributed by atoms with E-state index in [4.69, 9.17) is 5.73 Å². The first kappa shape index (κ1) is 13.3. The maximum atomic E-state index is 5.89. The van der Waals surface area contributed by atoms with E-state index in [0.717, 1.165) is 30.3 Å². The molecule has 1 saturated carbocycles. The zero-order valence-corrected chi connectivity index (χ0v) is 11.7. The fourth-order valence-corrected chi connectivity index (χ4v) is 2.94. The minimum atomic E-state index is 0.538. The predicted molar refractivity (Wildman–Crippen MR) is 74.7 cm³/mol. The molecule has 1 aliphatic carbocycles. The van der Waals surface area contributed by atoms with Gasteiger partial charge in [0.05, 0.1) is 17.6 Å². The van der Waals surface area contributed by atoms with Gasteiger partial charge < -0.3 is 10.6 Å². The van der Waals surface area contributed by atoms with E-state index in [0.29, 0.717) is 12.0 Å². The molecule has 4 nitrogen and oxygen atoms in total. The molecule has 0 spiro atoms. The van der Waals surface area contributed by atoms with Gasteiger partial charge in [-0.15, -0.1) is 0 Å². The third-order valence-corrected chi connectivity index (χ3v) is 4.14. The summed E-state index contributed by atoms with van der Waals surface area (Å²) in [6.07, 6.45) is 5.65. The molecule has 0 aliphatic heterocycles. The Bertz CT molecular complexity index is 405. The largest absolute Gasteiger partial charge is 0.352 e. The van der Waals surface area contributed by atoms with E-state index in [9.17, 15) is 0 Å². The monoisotopic (exact) mass is 248 g/mol. The summed E-state index contributed by atoms with van der Waals surface area (Å²) < 4.78 is 0. The van der Waals surface area contributed by atoms with E-state index in [-0.39, 0.29) is 0 Å². The average Bonchev–Trinajstić information content (AvgIpc) is 2.83.